The van der Waals surface area contributed by atoms with Crippen LogP contribution in [0.3, 0.4) is 0 Å². The van der Waals surface area contributed by atoms with Gasteiger partial charge in [-0.05, 0) is 63.5 Å². The van der Waals surface area contributed by atoms with Gasteiger partial charge in [0.2, 0.25) is 0 Å². The second kappa shape index (κ2) is 9.40. The number of carbonyl (C=O) groups excluding carboxylic acids is 1. The van der Waals surface area contributed by atoms with Crippen LogP contribution in [0.15, 0.2) is 119 Å². The van der Waals surface area contributed by atoms with Crippen LogP contribution in [0.2, 0.25) is 0 Å². The van der Waals surface area contributed by atoms with E-state index >= 15 is 0 Å². The number of hydrogen-bond donors (Lipinski definition) is 2. The molecule has 5 rings (SSSR count). The van der Waals surface area contributed by atoms with Gasteiger partial charge >= 0.3 is 0 Å². The maximum absolute atomic E-state index is 12.6. The molecule has 5 aromatic rings. The van der Waals surface area contributed by atoms with Crippen LogP contribution in [0.25, 0.3) is 21.5 Å². The number of sulfonamides is 1. The molecule has 0 saturated heterocycles. The fourth-order valence-electron chi connectivity index (χ4n) is 3.74. The van der Waals surface area contributed by atoms with Crippen LogP contribution in [0.1, 0.15) is 15.9 Å². The molecule has 0 atom stereocenters. The smallest absolute Gasteiger partial charge is 0.276 e. The molecule has 0 aliphatic rings. The number of amides is 1. The summed E-state index contributed by atoms with van der Waals surface area (Å²) in [6.07, 6.45) is 1.41. The number of benzene rings is 5. The number of anilines is 1. The lowest BCUT2D eigenvalue weighted by atomic mass is 10.1. The lowest BCUT2D eigenvalue weighted by Crippen LogP contribution is -2.18. The van der Waals surface area contributed by atoms with Gasteiger partial charge in [0.05, 0.1) is 11.1 Å². The van der Waals surface area contributed by atoms with Crippen LogP contribution < -0.4 is 10.1 Å². The first kappa shape index (κ1) is 22.3. The molecule has 0 saturated carbocycles. The predicted molar refractivity (Wildman–Crippen MR) is 140 cm³/mol. The molecule has 35 heavy (non-hydrogen) atoms. The summed E-state index contributed by atoms with van der Waals surface area (Å²) in [6.45, 7) is 0. The molecular formula is C28H21N3O3S. The van der Waals surface area contributed by atoms with Crippen LogP contribution >= 0.6 is 0 Å². The average molecular weight is 480 g/mol. The van der Waals surface area contributed by atoms with Crippen molar-refractivity contribution in [2.45, 2.75) is 4.90 Å². The van der Waals surface area contributed by atoms with Crippen molar-refractivity contribution in [1.82, 2.24) is 4.83 Å². The first-order chi connectivity index (χ1) is 17.0. The van der Waals surface area contributed by atoms with Gasteiger partial charge in [0.15, 0.2) is 0 Å². The molecule has 0 aromatic heterocycles. The van der Waals surface area contributed by atoms with E-state index in [-0.39, 0.29) is 10.8 Å². The monoisotopic (exact) mass is 479 g/mol. The molecule has 7 heteroatoms. The Morgan fingerprint density at radius 1 is 0.686 bits per heavy atom. The van der Waals surface area contributed by atoms with Gasteiger partial charge in [0, 0.05) is 11.3 Å². The quantitative estimate of drug-likeness (QED) is 0.247. The van der Waals surface area contributed by atoms with Gasteiger partial charge in [-0.3, -0.25) is 4.79 Å². The second-order valence-electron chi connectivity index (χ2n) is 8.00. The third-order valence-corrected chi connectivity index (χ3v) is 6.82. The fourth-order valence-corrected chi connectivity index (χ4v) is 4.57. The van der Waals surface area contributed by atoms with E-state index in [1.807, 2.05) is 60.7 Å². The number of carbonyl (C=O) groups is 1. The average Bonchev–Trinajstić information content (AvgIpc) is 2.89. The third kappa shape index (κ3) is 5.05. The standard InChI is InChI=1S/C28H21N3O3S/c32-28(25-12-11-21-5-1-3-7-23(21)17-25)30-26-14-9-20(10-15-26)19-29-31-35(33,34)27-16-13-22-6-2-4-8-24(22)18-27/h1-19,31H,(H,30,32). The van der Waals surface area contributed by atoms with Crippen molar-refractivity contribution in [3.63, 3.8) is 0 Å². The number of hydrazone groups is 1. The number of nitrogens with zero attached hydrogens (tertiary/aromatic N) is 1. The van der Waals surface area contributed by atoms with Gasteiger partial charge in [0.1, 0.15) is 0 Å². The topological polar surface area (TPSA) is 87.6 Å². The minimum absolute atomic E-state index is 0.139. The lowest BCUT2D eigenvalue weighted by Gasteiger charge is -2.07. The summed E-state index contributed by atoms with van der Waals surface area (Å²) in [5.41, 5.74) is 1.87. The SMILES string of the molecule is O=C(Nc1ccc(C=NNS(=O)(=O)c2ccc3ccccc3c2)cc1)c1ccc2ccccc2c1. The maximum atomic E-state index is 12.6. The molecule has 2 N–H and O–H groups in total. The summed E-state index contributed by atoms with van der Waals surface area (Å²) in [5, 5.41) is 10.6. The molecule has 6 nitrogen and oxygen atoms in total. The number of hydrogen-bond acceptors (Lipinski definition) is 4. The van der Waals surface area contributed by atoms with E-state index < -0.39 is 10.0 Å². The molecule has 0 fully saturated rings. The highest BCUT2D eigenvalue weighted by atomic mass is 32.2. The third-order valence-electron chi connectivity index (χ3n) is 5.60. The number of nitrogens with one attached hydrogen (secondary N) is 2. The second-order valence-corrected chi connectivity index (χ2v) is 9.66. The van der Waals surface area contributed by atoms with Gasteiger partial charge in [-0.1, -0.05) is 72.8 Å². The molecule has 0 bridgehead atoms. The van der Waals surface area contributed by atoms with Gasteiger partial charge in [-0.2, -0.15) is 13.5 Å². The zero-order valence-corrected chi connectivity index (χ0v) is 19.4. The van der Waals surface area contributed by atoms with E-state index in [2.05, 4.69) is 15.2 Å². The minimum Gasteiger partial charge on any atom is -0.322 e. The van der Waals surface area contributed by atoms with E-state index in [1.54, 1.807) is 48.5 Å². The van der Waals surface area contributed by atoms with Gasteiger partial charge in [0.25, 0.3) is 15.9 Å². The summed E-state index contributed by atoms with van der Waals surface area (Å²) >= 11 is 0. The lowest BCUT2D eigenvalue weighted by molar-refractivity contribution is 0.102. The minimum atomic E-state index is -3.80. The van der Waals surface area contributed by atoms with Crippen molar-refractivity contribution in [2.24, 2.45) is 5.10 Å². The van der Waals surface area contributed by atoms with Crippen LogP contribution in [-0.2, 0) is 10.0 Å². The van der Waals surface area contributed by atoms with E-state index in [9.17, 15) is 13.2 Å². The van der Waals surface area contributed by atoms with Crippen molar-refractivity contribution in [3.8, 4) is 0 Å². The first-order valence-electron chi connectivity index (χ1n) is 10.9. The van der Waals surface area contributed by atoms with E-state index in [4.69, 9.17) is 0 Å². The molecule has 0 aliphatic carbocycles. The molecule has 172 valence electrons. The van der Waals surface area contributed by atoms with Crippen LogP contribution in [0, 0.1) is 0 Å². The normalized spacial score (nSPS) is 11.7. The Labute approximate surface area is 203 Å². The van der Waals surface area contributed by atoms with Crippen LogP contribution in [0.5, 0.6) is 0 Å². The Hall–Kier alpha value is -4.49. The van der Waals surface area contributed by atoms with Crippen molar-refractivity contribution < 1.29 is 13.2 Å². The largest absolute Gasteiger partial charge is 0.322 e. The summed E-state index contributed by atoms with van der Waals surface area (Å²) in [4.78, 5) is 15.0. The highest BCUT2D eigenvalue weighted by molar-refractivity contribution is 7.89. The zero-order valence-electron chi connectivity index (χ0n) is 18.5. The maximum Gasteiger partial charge on any atom is 0.276 e. The molecule has 0 heterocycles. The molecular weight excluding hydrogens is 458 g/mol. The van der Waals surface area contributed by atoms with Crippen molar-refractivity contribution in [3.05, 3.63) is 120 Å². The Morgan fingerprint density at radius 2 is 1.29 bits per heavy atom. The Balaban J connectivity index is 1.23. The Bertz CT molecular complexity index is 1680. The fraction of sp³-hybridized carbons (Fsp3) is 0. The molecule has 0 aliphatic heterocycles. The molecule has 1 amide bonds. The Kier molecular flexibility index (Phi) is 5.99. The molecule has 0 unspecified atom stereocenters. The summed E-state index contributed by atoms with van der Waals surface area (Å²) in [6, 6.07) is 32.8. The highest BCUT2D eigenvalue weighted by Gasteiger charge is 2.13. The Morgan fingerprint density at radius 3 is 1.97 bits per heavy atom. The molecule has 0 radical (unpaired) electrons. The number of fused-ring (bicyclic) bond motifs is 2. The molecule has 0 spiro atoms. The van der Waals surface area contributed by atoms with E-state index in [0.717, 1.165) is 21.5 Å². The predicted octanol–water partition coefficient (Wildman–Crippen LogP) is 5.56. The first-order valence-corrected chi connectivity index (χ1v) is 12.4. The highest BCUT2D eigenvalue weighted by Crippen LogP contribution is 2.19. The zero-order chi connectivity index (χ0) is 24.3. The van der Waals surface area contributed by atoms with Gasteiger partial charge < -0.3 is 5.32 Å². The van der Waals surface area contributed by atoms with Crippen LogP contribution in [0.4, 0.5) is 5.69 Å². The van der Waals surface area contributed by atoms with Gasteiger partial charge in [-0.25, -0.2) is 4.83 Å². The number of rotatable bonds is 6. The van der Waals surface area contributed by atoms with Crippen molar-refractivity contribution >= 4 is 49.4 Å². The summed E-state index contributed by atoms with van der Waals surface area (Å²) in [5.74, 6) is -0.208. The van der Waals surface area contributed by atoms with Gasteiger partial charge in [-0.15, -0.1) is 0 Å². The van der Waals surface area contributed by atoms with Crippen LogP contribution in [-0.4, -0.2) is 20.5 Å². The van der Waals surface area contributed by atoms with E-state index in [0.29, 0.717) is 16.8 Å². The molecule has 5 aromatic carbocycles. The summed E-state index contributed by atoms with van der Waals surface area (Å²) < 4.78 is 25.2. The van der Waals surface area contributed by atoms with Crippen molar-refractivity contribution in [1.29, 1.82) is 0 Å². The van der Waals surface area contributed by atoms with E-state index in [1.165, 1.54) is 6.21 Å². The van der Waals surface area contributed by atoms with Crippen molar-refractivity contribution in [2.75, 3.05) is 5.32 Å². The summed E-state index contributed by atoms with van der Waals surface area (Å²) in [7, 11) is -3.80.